The van der Waals surface area contributed by atoms with E-state index in [1.54, 1.807) is 31.2 Å². The third kappa shape index (κ3) is 16.4. The fourth-order valence-corrected chi connectivity index (χ4v) is 7.87. The average Bonchev–Trinajstić information content (AvgIpc) is 3.26. The zero-order valence-electron chi connectivity index (χ0n) is 37.1. The van der Waals surface area contributed by atoms with Crippen molar-refractivity contribution in [2.45, 2.75) is 148 Å². The number of Topliss-reactive ketones (excluding diaryl/α,β-unsaturated/α-hetero) is 1. The predicted molar refractivity (Wildman–Crippen MR) is 235 cm³/mol. The number of carbonyl (C=O) groups excluding carboxylic acids is 7. The minimum absolute atomic E-state index is 0.0267. The molecule has 2 aromatic carbocycles. The van der Waals surface area contributed by atoms with Gasteiger partial charge in [-0.15, -0.1) is 0 Å². The van der Waals surface area contributed by atoms with Crippen molar-refractivity contribution in [2.24, 2.45) is 17.8 Å². The van der Waals surface area contributed by atoms with E-state index >= 15 is 0 Å². The zero-order chi connectivity index (χ0) is 45.0. The molecule has 2 aliphatic rings. The summed E-state index contributed by atoms with van der Waals surface area (Å²) in [6.07, 6.45) is 9.15. The van der Waals surface area contributed by atoms with Crippen molar-refractivity contribution in [1.29, 1.82) is 0 Å². The summed E-state index contributed by atoms with van der Waals surface area (Å²) < 4.78 is 11.2. The highest BCUT2D eigenvalue weighted by molar-refractivity contribution is 6.38. The number of benzene rings is 2. The first-order valence-corrected chi connectivity index (χ1v) is 22.5. The van der Waals surface area contributed by atoms with Gasteiger partial charge in [-0.3, -0.25) is 28.8 Å². The minimum Gasteiger partial charge on any atom is -0.457 e. The Labute approximate surface area is 366 Å². The Hall–Kier alpha value is -5.47. The second kappa shape index (κ2) is 25.5. The third-order valence-corrected chi connectivity index (χ3v) is 11.1. The van der Waals surface area contributed by atoms with Gasteiger partial charge in [-0.2, -0.15) is 0 Å². The molecule has 6 amide bonds. The summed E-state index contributed by atoms with van der Waals surface area (Å²) in [6.45, 7) is 8.97. The lowest BCUT2D eigenvalue weighted by Gasteiger charge is -2.31. The largest absolute Gasteiger partial charge is 0.457 e. The predicted octanol–water partition coefficient (Wildman–Crippen LogP) is 5.92. The van der Waals surface area contributed by atoms with Crippen molar-refractivity contribution in [2.75, 3.05) is 13.2 Å². The van der Waals surface area contributed by atoms with E-state index in [0.29, 0.717) is 23.5 Å². The first-order valence-electron chi connectivity index (χ1n) is 22.5. The highest BCUT2D eigenvalue weighted by Gasteiger charge is 2.36. The lowest BCUT2D eigenvalue weighted by Crippen LogP contribution is -2.58. The maximum atomic E-state index is 13.8. The van der Waals surface area contributed by atoms with Gasteiger partial charge >= 0.3 is 6.09 Å². The lowest BCUT2D eigenvalue weighted by molar-refractivity contribution is -0.141. The lowest BCUT2D eigenvalue weighted by atomic mass is 9.83. The van der Waals surface area contributed by atoms with Crippen LogP contribution in [-0.4, -0.2) is 78.7 Å². The fraction of sp³-hybridized carbons (Fsp3) is 0.596. The Kier molecular flexibility index (Phi) is 20.2. The molecule has 0 radical (unpaired) electrons. The van der Waals surface area contributed by atoms with Gasteiger partial charge in [0.15, 0.2) is 0 Å². The van der Waals surface area contributed by atoms with Gasteiger partial charge in [0.2, 0.25) is 29.4 Å². The molecule has 62 heavy (non-hydrogen) atoms. The fourth-order valence-electron chi connectivity index (χ4n) is 7.87. The number of rotatable bonds is 22. The van der Waals surface area contributed by atoms with Crippen LogP contribution in [0.5, 0.6) is 11.5 Å². The first-order chi connectivity index (χ1) is 29.7. The topological polar surface area (TPSA) is 210 Å². The number of alkyl carbamates (subject to hydrolysis) is 1. The molecule has 1 unspecified atom stereocenters. The maximum Gasteiger partial charge on any atom is 0.407 e. The van der Waals surface area contributed by atoms with Crippen molar-refractivity contribution in [3.05, 3.63) is 60.2 Å². The molecular formula is C47H68N6O9. The van der Waals surface area contributed by atoms with E-state index < -0.39 is 72.1 Å². The van der Waals surface area contributed by atoms with E-state index in [2.05, 4.69) is 31.9 Å². The molecule has 2 saturated carbocycles. The van der Waals surface area contributed by atoms with E-state index in [0.717, 1.165) is 64.2 Å². The van der Waals surface area contributed by atoms with Crippen molar-refractivity contribution in [3.8, 4) is 11.5 Å². The molecule has 2 aromatic rings. The molecule has 0 aromatic heterocycles. The van der Waals surface area contributed by atoms with E-state index in [9.17, 15) is 33.6 Å². The number of amides is 6. The Morgan fingerprint density at radius 1 is 0.661 bits per heavy atom. The second-order valence-corrected chi connectivity index (χ2v) is 17.4. The van der Waals surface area contributed by atoms with Gasteiger partial charge in [0.1, 0.15) is 29.6 Å². The molecule has 0 aliphatic heterocycles. The summed E-state index contributed by atoms with van der Waals surface area (Å²) in [4.78, 5) is 94.2. The van der Waals surface area contributed by atoms with Crippen molar-refractivity contribution < 1.29 is 43.0 Å². The van der Waals surface area contributed by atoms with Crippen LogP contribution in [0.15, 0.2) is 54.6 Å². The molecule has 15 heteroatoms. The maximum absolute atomic E-state index is 13.8. The van der Waals surface area contributed by atoms with Crippen molar-refractivity contribution in [3.63, 3.8) is 0 Å². The molecule has 6 N–H and O–H groups in total. The van der Waals surface area contributed by atoms with Gasteiger partial charge < -0.3 is 41.4 Å². The Morgan fingerprint density at radius 3 is 1.89 bits per heavy atom. The minimum atomic E-state index is -1.24. The molecule has 4 atom stereocenters. The second-order valence-electron chi connectivity index (χ2n) is 17.4. The standard InChI is InChI=1S/C47H68N6O9/c1-6-16-37(50-43(56)38(27-30(2)3)51-45(58)41(32-17-10-7-11-18-32)53-47(60)61-29-31(4)5)42(55)46(59)48-28-39(54)52-40(44(57)49-34-19-12-8-13-20-34)33-23-25-36(26-24-33)62-35-21-14-9-15-22-35/h9,14-15,21-26,30-32,34,37-38,40-41H,6-8,10-13,16-20,27-29H2,1-5H3,(H,48,59)(H,49,57)(H,50,56)(H,51,58)(H,52,54)(H,53,60)/t37?,38-,40-,41-/m0/s1. The summed E-state index contributed by atoms with van der Waals surface area (Å²) in [6, 6.07) is 11.6. The van der Waals surface area contributed by atoms with Gasteiger partial charge in [0.25, 0.3) is 5.91 Å². The summed E-state index contributed by atoms with van der Waals surface area (Å²) in [5, 5.41) is 16.4. The van der Waals surface area contributed by atoms with Crippen LogP contribution >= 0.6 is 0 Å². The van der Waals surface area contributed by atoms with Gasteiger partial charge in [-0.1, -0.05) is 110 Å². The molecular weight excluding hydrogens is 793 g/mol. The smallest absolute Gasteiger partial charge is 0.407 e. The van der Waals surface area contributed by atoms with Crippen LogP contribution in [0.4, 0.5) is 4.79 Å². The number of para-hydroxylation sites is 1. The highest BCUT2D eigenvalue weighted by atomic mass is 16.5. The van der Waals surface area contributed by atoms with Crippen LogP contribution in [-0.2, 0) is 33.5 Å². The highest BCUT2D eigenvalue weighted by Crippen LogP contribution is 2.28. The van der Waals surface area contributed by atoms with Crippen LogP contribution in [0.3, 0.4) is 0 Å². The van der Waals surface area contributed by atoms with E-state index in [1.807, 2.05) is 58.0 Å². The normalized spacial score (nSPS) is 16.5. The molecule has 2 fully saturated rings. The Morgan fingerprint density at radius 2 is 1.27 bits per heavy atom. The van der Waals surface area contributed by atoms with Gasteiger partial charge in [0, 0.05) is 6.04 Å². The van der Waals surface area contributed by atoms with Crippen LogP contribution < -0.4 is 36.6 Å². The first kappa shape index (κ1) is 49.2. The van der Waals surface area contributed by atoms with Crippen LogP contribution in [0.1, 0.15) is 130 Å². The zero-order valence-corrected chi connectivity index (χ0v) is 37.1. The molecule has 0 heterocycles. The molecule has 0 saturated heterocycles. The summed E-state index contributed by atoms with van der Waals surface area (Å²) >= 11 is 0. The van der Waals surface area contributed by atoms with Crippen molar-refractivity contribution >= 4 is 41.4 Å². The summed E-state index contributed by atoms with van der Waals surface area (Å²) in [5.41, 5.74) is 0.496. The monoisotopic (exact) mass is 861 g/mol. The third-order valence-electron chi connectivity index (χ3n) is 11.1. The van der Waals surface area contributed by atoms with Crippen LogP contribution in [0.2, 0.25) is 0 Å². The molecule has 340 valence electrons. The molecule has 2 aliphatic carbocycles. The molecule has 0 spiro atoms. The number of hydrogen-bond acceptors (Lipinski definition) is 9. The summed E-state index contributed by atoms with van der Waals surface area (Å²) in [7, 11) is 0. The van der Waals surface area contributed by atoms with E-state index in [4.69, 9.17) is 9.47 Å². The number of ether oxygens (including phenoxy) is 2. The quantitative estimate of drug-likeness (QED) is 0.0776. The van der Waals surface area contributed by atoms with Gasteiger partial charge in [-0.25, -0.2) is 4.79 Å². The average molecular weight is 861 g/mol. The van der Waals surface area contributed by atoms with Crippen LogP contribution in [0, 0.1) is 17.8 Å². The van der Waals surface area contributed by atoms with Gasteiger partial charge in [-0.05, 0) is 86.1 Å². The Bertz CT molecular complexity index is 1780. The number of nitrogens with one attached hydrogen (secondary N) is 6. The number of ketones is 1. The SMILES string of the molecule is CCCC(NC(=O)[C@H](CC(C)C)NC(=O)[C@@H](NC(=O)OCC(C)C)C1CCCCC1)C(=O)C(=O)NCC(=O)N[C@H](C(=O)NC1CCCCC1)c1ccc(Oc2ccccc2)cc1. The number of hydrogen-bond donors (Lipinski definition) is 6. The molecule has 0 bridgehead atoms. The Balaban J connectivity index is 1.40. The van der Waals surface area contributed by atoms with Crippen LogP contribution in [0.25, 0.3) is 0 Å². The van der Waals surface area contributed by atoms with E-state index in [1.165, 1.54) is 0 Å². The number of carbonyl (C=O) groups is 7. The molecule has 15 nitrogen and oxygen atoms in total. The summed E-state index contributed by atoms with van der Waals surface area (Å²) in [5.74, 6) is -3.23. The molecule has 4 rings (SSSR count). The van der Waals surface area contributed by atoms with E-state index in [-0.39, 0.29) is 43.2 Å². The van der Waals surface area contributed by atoms with Gasteiger partial charge in [0.05, 0.1) is 19.2 Å². The van der Waals surface area contributed by atoms with Crippen molar-refractivity contribution in [1.82, 2.24) is 31.9 Å².